The number of nitrogens with zero attached hydrogens (tertiary/aromatic N) is 1. The molecule has 3 N–H and O–H groups in total. The minimum absolute atomic E-state index is 0.0173. The number of piperidine rings is 1. The molecule has 0 spiro atoms. The topological polar surface area (TPSA) is 77.2 Å². The molecule has 11 heteroatoms. The normalized spacial score (nSPS) is 17.4. The summed E-state index contributed by atoms with van der Waals surface area (Å²) in [6.07, 6.45) is -8.18. The number of aromatic nitrogens is 1. The Hall–Kier alpha value is -3.34. The first-order chi connectivity index (χ1) is 17.9. The monoisotopic (exact) mass is 539 g/mol. The highest BCUT2D eigenvalue weighted by atomic mass is 19.4. The Kier molecular flexibility index (Phi) is 8.15. The van der Waals surface area contributed by atoms with Gasteiger partial charge in [-0.2, -0.15) is 26.3 Å². The number of esters is 1. The molecule has 4 rings (SSSR count). The van der Waals surface area contributed by atoms with E-state index in [9.17, 15) is 31.1 Å². The summed E-state index contributed by atoms with van der Waals surface area (Å²) in [6, 6.07) is 10.3. The lowest BCUT2D eigenvalue weighted by Gasteiger charge is -2.32. The third-order valence-electron chi connectivity index (χ3n) is 6.57. The van der Waals surface area contributed by atoms with Crippen LogP contribution in [0.2, 0.25) is 0 Å². The molecule has 1 aliphatic rings. The number of alkyl halides is 6. The van der Waals surface area contributed by atoms with Crippen LogP contribution in [0.4, 0.5) is 32.0 Å². The van der Waals surface area contributed by atoms with E-state index >= 15 is 0 Å². The number of halogens is 6. The minimum Gasteiger partial charge on any atom is -0.456 e. The summed E-state index contributed by atoms with van der Waals surface area (Å²) in [7, 11) is 0. The van der Waals surface area contributed by atoms with Gasteiger partial charge in [0.05, 0.1) is 11.1 Å². The SMILES string of the molecule is Nc1ccc(CCCC(=O)O[C@@H](c2cc(C(F)(F)F)nc3c(C(F)(F)F)cccc23)[C@H]2CCCCN2)cc1. The Labute approximate surface area is 215 Å². The maximum Gasteiger partial charge on any atom is 0.433 e. The maximum absolute atomic E-state index is 13.8. The highest BCUT2D eigenvalue weighted by molar-refractivity contribution is 5.86. The van der Waals surface area contributed by atoms with Gasteiger partial charge in [0.1, 0.15) is 11.8 Å². The van der Waals surface area contributed by atoms with Gasteiger partial charge < -0.3 is 15.8 Å². The molecule has 0 bridgehead atoms. The van der Waals surface area contributed by atoms with Gasteiger partial charge in [-0.15, -0.1) is 0 Å². The Morgan fingerprint density at radius 1 is 1.05 bits per heavy atom. The lowest BCUT2D eigenvalue weighted by molar-refractivity contribution is -0.151. The lowest BCUT2D eigenvalue weighted by Crippen LogP contribution is -2.40. The summed E-state index contributed by atoms with van der Waals surface area (Å²) < 4.78 is 88.2. The van der Waals surface area contributed by atoms with Crippen molar-refractivity contribution in [3.05, 3.63) is 70.9 Å². The standard InChI is InChI=1S/C27H27F6N3O2/c28-26(29,30)20-7-4-6-18-19(15-22(27(31,32)33)36-24(18)20)25(21-8-1-2-14-35-21)38-23(37)9-3-5-16-10-12-17(34)13-11-16/h4,6-7,10-13,15,21,25,35H,1-3,5,8-9,14,34H2/t21-,25+/m1/s1. The van der Waals surface area contributed by atoms with E-state index in [2.05, 4.69) is 10.3 Å². The zero-order valence-corrected chi connectivity index (χ0v) is 20.3. The second kappa shape index (κ2) is 11.2. The Bertz CT molecular complexity index is 1270. The Morgan fingerprint density at radius 3 is 2.42 bits per heavy atom. The summed E-state index contributed by atoms with van der Waals surface area (Å²) in [5, 5.41) is 3.03. The van der Waals surface area contributed by atoms with E-state index in [-0.39, 0.29) is 17.4 Å². The van der Waals surface area contributed by atoms with Crippen molar-refractivity contribution < 1.29 is 35.9 Å². The second-order valence-electron chi connectivity index (χ2n) is 9.36. The number of ether oxygens (including phenoxy) is 1. The van der Waals surface area contributed by atoms with Gasteiger partial charge in [0, 0.05) is 29.1 Å². The number of benzene rings is 2. The molecule has 1 aromatic heterocycles. The third kappa shape index (κ3) is 6.56. The summed E-state index contributed by atoms with van der Waals surface area (Å²) >= 11 is 0. The first kappa shape index (κ1) is 27.7. The van der Waals surface area contributed by atoms with E-state index in [1.807, 2.05) is 12.1 Å². The predicted octanol–water partition coefficient (Wildman–Crippen LogP) is 6.60. The first-order valence-corrected chi connectivity index (χ1v) is 12.3. The van der Waals surface area contributed by atoms with E-state index in [0.29, 0.717) is 43.6 Å². The van der Waals surface area contributed by atoms with Crippen molar-refractivity contribution in [1.82, 2.24) is 10.3 Å². The number of nitrogens with two attached hydrogens (primary N) is 1. The van der Waals surface area contributed by atoms with Crippen molar-refractivity contribution in [1.29, 1.82) is 0 Å². The van der Waals surface area contributed by atoms with Crippen molar-refractivity contribution >= 4 is 22.6 Å². The number of aryl methyl sites for hydroxylation is 1. The van der Waals surface area contributed by atoms with Crippen molar-refractivity contribution in [2.75, 3.05) is 12.3 Å². The van der Waals surface area contributed by atoms with Gasteiger partial charge in [-0.25, -0.2) is 4.98 Å². The largest absolute Gasteiger partial charge is 0.456 e. The van der Waals surface area contributed by atoms with Crippen molar-refractivity contribution in [2.45, 2.75) is 63.0 Å². The van der Waals surface area contributed by atoms with Crippen molar-refractivity contribution in [2.24, 2.45) is 0 Å². The molecule has 1 aliphatic heterocycles. The van der Waals surface area contributed by atoms with Crippen LogP contribution in [-0.2, 0) is 28.3 Å². The molecule has 3 aromatic rings. The fraction of sp³-hybridized carbons (Fsp3) is 0.407. The van der Waals surface area contributed by atoms with Crippen LogP contribution in [0.3, 0.4) is 0 Å². The molecule has 2 atom stereocenters. The average Bonchev–Trinajstić information content (AvgIpc) is 2.87. The van der Waals surface area contributed by atoms with Gasteiger partial charge in [0.2, 0.25) is 0 Å². The maximum atomic E-state index is 13.8. The van der Waals surface area contributed by atoms with Crippen LogP contribution in [0.5, 0.6) is 0 Å². The number of fused-ring (bicyclic) bond motifs is 1. The number of carbonyl (C=O) groups is 1. The highest BCUT2D eigenvalue weighted by Gasteiger charge is 2.39. The van der Waals surface area contributed by atoms with E-state index in [1.54, 1.807) is 12.1 Å². The van der Waals surface area contributed by atoms with E-state index in [4.69, 9.17) is 10.5 Å². The molecule has 0 saturated carbocycles. The number of nitrogens with one attached hydrogen (secondary N) is 1. The zero-order chi connectivity index (χ0) is 27.5. The molecule has 2 heterocycles. The fourth-order valence-electron chi connectivity index (χ4n) is 4.71. The predicted molar refractivity (Wildman–Crippen MR) is 130 cm³/mol. The van der Waals surface area contributed by atoms with Crippen molar-refractivity contribution in [3.63, 3.8) is 0 Å². The Morgan fingerprint density at radius 2 is 1.79 bits per heavy atom. The van der Waals surface area contributed by atoms with Gasteiger partial charge in [-0.05, 0) is 62.1 Å². The molecule has 5 nitrogen and oxygen atoms in total. The van der Waals surface area contributed by atoms with E-state index in [1.165, 1.54) is 6.07 Å². The minimum atomic E-state index is -5.00. The van der Waals surface area contributed by atoms with Gasteiger partial charge in [-0.1, -0.05) is 30.7 Å². The van der Waals surface area contributed by atoms with Gasteiger partial charge >= 0.3 is 18.3 Å². The average molecular weight is 540 g/mol. The highest BCUT2D eigenvalue weighted by Crippen LogP contribution is 2.41. The molecule has 38 heavy (non-hydrogen) atoms. The van der Waals surface area contributed by atoms with Crippen molar-refractivity contribution in [3.8, 4) is 0 Å². The molecule has 1 fully saturated rings. The summed E-state index contributed by atoms with van der Waals surface area (Å²) in [6.45, 7) is 0.540. The molecule has 0 unspecified atom stereocenters. The van der Waals surface area contributed by atoms with Crippen LogP contribution in [0, 0.1) is 0 Å². The first-order valence-electron chi connectivity index (χ1n) is 12.3. The summed E-state index contributed by atoms with van der Waals surface area (Å²) in [5.74, 6) is -0.650. The molecule has 0 radical (unpaired) electrons. The third-order valence-corrected chi connectivity index (χ3v) is 6.57. The number of para-hydroxylation sites is 1. The smallest absolute Gasteiger partial charge is 0.433 e. The quantitative estimate of drug-likeness (QED) is 0.201. The van der Waals surface area contributed by atoms with Crippen LogP contribution in [-0.4, -0.2) is 23.5 Å². The molecular weight excluding hydrogens is 512 g/mol. The molecule has 1 saturated heterocycles. The molecule has 2 aromatic carbocycles. The molecule has 204 valence electrons. The summed E-state index contributed by atoms with van der Waals surface area (Å²) in [5.41, 5.74) is 3.49. The van der Waals surface area contributed by atoms with Crippen LogP contribution in [0.1, 0.15) is 60.6 Å². The zero-order valence-electron chi connectivity index (χ0n) is 20.3. The van der Waals surface area contributed by atoms with Crippen LogP contribution in [0.15, 0.2) is 48.5 Å². The second-order valence-corrected chi connectivity index (χ2v) is 9.36. The number of hydrogen-bond acceptors (Lipinski definition) is 5. The van der Waals surface area contributed by atoms with Crippen LogP contribution >= 0.6 is 0 Å². The van der Waals surface area contributed by atoms with Gasteiger partial charge in [-0.3, -0.25) is 4.79 Å². The molecule has 0 amide bonds. The molecular formula is C27H27F6N3O2. The van der Waals surface area contributed by atoms with Crippen LogP contribution < -0.4 is 11.1 Å². The van der Waals surface area contributed by atoms with Gasteiger partial charge in [0.15, 0.2) is 0 Å². The number of nitrogen functional groups attached to an aromatic ring is 1. The number of anilines is 1. The number of carbonyl (C=O) groups excluding carboxylic acids is 1. The Balaban J connectivity index is 1.69. The van der Waals surface area contributed by atoms with Gasteiger partial charge in [0.25, 0.3) is 0 Å². The van der Waals surface area contributed by atoms with Crippen LogP contribution in [0.25, 0.3) is 10.9 Å². The lowest BCUT2D eigenvalue weighted by atomic mass is 9.91. The number of rotatable bonds is 7. The fourth-order valence-corrected chi connectivity index (χ4v) is 4.71. The van der Waals surface area contributed by atoms with E-state index < -0.39 is 47.2 Å². The summed E-state index contributed by atoms with van der Waals surface area (Å²) in [4.78, 5) is 16.2. The van der Waals surface area contributed by atoms with E-state index in [0.717, 1.165) is 24.5 Å². The number of pyridine rings is 1. The number of hydrogen-bond donors (Lipinski definition) is 2. The molecule has 0 aliphatic carbocycles.